The fourth-order valence-corrected chi connectivity index (χ4v) is 8.32. The lowest BCUT2D eigenvalue weighted by Crippen LogP contribution is -2.26. The molecule has 10 rings (SSSR count). The maximum absolute atomic E-state index is 12.3. The van der Waals surface area contributed by atoms with Gasteiger partial charge in [-0.25, -0.2) is 42.9 Å². The number of alkyl carbamates (subject to hydrolysis) is 2. The van der Waals surface area contributed by atoms with E-state index < -0.39 is 22.0 Å². The molecule has 3 N–H and O–H groups in total. The van der Waals surface area contributed by atoms with Crippen molar-refractivity contribution >= 4 is 44.8 Å². The second-order valence-corrected chi connectivity index (χ2v) is 18.4. The van der Waals surface area contributed by atoms with Crippen LogP contribution < -0.4 is 16.0 Å². The number of hydrogen-bond donors (Lipinski definition) is 3. The van der Waals surface area contributed by atoms with E-state index in [0.717, 1.165) is 51.3 Å². The van der Waals surface area contributed by atoms with Crippen molar-refractivity contribution in [3.05, 3.63) is 176 Å². The maximum Gasteiger partial charge on any atom is 0.407 e. The molecule has 0 aliphatic heterocycles. The minimum absolute atomic E-state index is 0.114. The van der Waals surface area contributed by atoms with Crippen molar-refractivity contribution in [2.45, 2.75) is 31.1 Å². The number of aryl methyl sites for hydroxylation is 2. The molecule has 0 aliphatic carbocycles. The molecular weight excluding hydrogens is 939 g/mol. The van der Waals surface area contributed by atoms with Crippen molar-refractivity contribution in [3.63, 3.8) is 0 Å². The van der Waals surface area contributed by atoms with Crippen molar-refractivity contribution < 1.29 is 27.5 Å². The van der Waals surface area contributed by atoms with Crippen LogP contribution in [0.4, 0.5) is 21.1 Å². The van der Waals surface area contributed by atoms with Crippen LogP contribution in [0, 0.1) is 0 Å². The van der Waals surface area contributed by atoms with Crippen LogP contribution >= 0.6 is 0 Å². The van der Waals surface area contributed by atoms with Gasteiger partial charge < -0.3 is 30.0 Å². The zero-order valence-corrected chi connectivity index (χ0v) is 40.2. The molecule has 10 aromatic rings. The number of rotatable bonds is 16. The molecule has 0 radical (unpaired) electrons. The molecule has 7 heterocycles. The number of carbonyl (C=O) groups is 2. The number of benzene rings is 3. The molecule has 72 heavy (non-hydrogen) atoms. The first-order chi connectivity index (χ1) is 34.9. The summed E-state index contributed by atoms with van der Waals surface area (Å²) in [5, 5.41) is 17.2. The van der Waals surface area contributed by atoms with Crippen molar-refractivity contribution in [2.24, 2.45) is 14.1 Å². The molecule has 0 fully saturated rings. The van der Waals surface area contributed by atoms with Crippen molar-refractivity contribution in [2.75, 3.05) is 24.7 Å². The molecule has 0 atom stereocenters. The lowest BCUT2D eigenvalue weighted by molar-refractivity contribution is 0.139. The van der Waals surface area contributed by atoms with E-state index in [1.165, 1.54) is 0 Å². The molecule has 0 bridgehead atoms. The third-order valence-corrected chi connectivity index (χ3v) is 12.0. The Morgan fingerprint density at radius 2 is 1.17 bits per heavy atom. The monoisotopic (exact) mass is 987 g/mol. The number of aromatic nitrogens is 12. The third-order valence-electron chi connectivity index (χ3n) is 11.1. The summed E-state index contributed by atoms with van der Waals surface area (Å²) in [7, 11) is 0.0500. The smallest absolute Gasteiger partial charge is 0.407 e. The number of carbonyl (C=O) groups excluding carboxylic acids is 2. The molecule has 0 spiro atoms. The fourth-order valence-electron chi connectivity index (χ4n) is 7.55. The zero-order chi connectivity index (χ0) is 50.0. The highest BCUT2D eigenvalue weighted by Gasteiger charge is 2.21. The molecule has 0 saturated carbocycles. The summed E-state index contributed by atoms with van der Waals surface area (Å²) in [6, 6.07) is 26.9. The zero-order valence-electron chi connectivity index (χ0n) is 39.4. The van der Waals surface area contributed by atoms with Crippen LogP contribution in [0.5, 0.6) is 0 Å². The Labute approximate surface area is 413 Å². The fraction of sp³-hybridized carbons (Fsp3) is 0.180. The quantitative estimate of drug-likeness (QED) is 0.0934. The summed E-state index contributed by atoms with van der Waals surface area (Å²) >= 11 is 0. The highest BCUT2D eigenvalue weighted by Crippen LogP contribution is 2.27. The summed E-state index contributed by atoms with van der Waals surface area (Å²) in [5.74, 6) is 0.606. The number of imidazole rings is 3. The first kappa shape index (κ1) is 47.9. The Morgan fingerprint density at radius 1 is 0.639 bits per heavy atom. The van der Waals surface area contributed by atoms with Gasteiger partial charge in [0.2, 0.25) is 0 Å². The number of anilines is 2. The van der Waals surface area contributed by atoms with E-state index >= 15 is 0 Å². The molecule has 366 valence electrons. The molecular formula is C50H49N15O6S. The Hall–Kier alpha value is -9.18. The van der Waals surface area contributed by atoms with Crippen molar-refractivity contribution in [1.29, 1.82) is 0 Å². The van der Waals surface area contributed by atoms with E-state index in [2.05, 4.69) is 46.1 Å². The normalized spacial score (nSPS) is 11.3. The van der Waals surface area contributed by atoms with E-state index in [4.69, 9.17) is 14.5 Å². The number of sulfone groups is 1. The van der Waals surface area contributed by atoms with Crippen LogP contribution in [0.25, 0.3) is 39.5 Å². The van der Waals surface area contributed by atoms with E-state index in [1.807, 2.05) is 132 Å². The van der Waals surface area contributed by atoms with Gasteiger partial charge in [-0.1, -0.05) is 60.7 Å². The van der Waals surface area contributed by atoms with Gasteiger partial charge in [-0.15, -0.1) is 0 Å². The minimum atomic E-state index is -3.62. The van der Waals surface area contributed by atoms with Gasteiger partial charge in [0.1, 0.15) is 13.2 Å². The number of amides is 2. The number of nitrogens with one attached hydrogen (secondary N) is 3. The second-order valence-electron chi connectivity index (χ2n) is 16.5. The third kappa shape index (κ3) is 11.8. The molecule has 0 saturated heterocycles. The highest BCUT2D eigenvalue weighted by molar-refractivity contribution is 7.90. The van der Waals surface area contributed by atoms with Gasteiger partial charge in [-0.05, 0) is 35.4 Å². The van der Waals surface area contributed by atoms with Crippen LogP contribution in [-0.4, -0.2) is 97.8 Å². The first-order valence-corrected chi connectivity index (χ1v) is 24.5. The number of fused-ring (bicyclic) bond motifs is 2. The average Bonchev–Trinajstić information content (AvgIpc) is 4.26. The van der Waals surface area contributed by atoms with Gasteiger partial charge in [0, 0.05) is 106 Å². The summed E-state index contributed by atoms with van der Waals surface area (Å²) < 4.78 is 44.2. The molecule has 0 unspecified atom stereocenters. The Balaban J connectivity index is 0.000000182. The minimum Gasteiger partial charge on any atom is -0.445 e. The summed E-state index contributed by atoms with van der Waals surface area (Å²) in [6.45, 7) is 0.973. The number of nitrogens with zero attached hydrogens (tertiary/aromatic N) is 12. The van der Waals surface area contributed by atoms with Crippen LogP contribution in [0.3, 0.4) is 0 Å². The average molecular weight is 988 g/mol. The van der Waals surface area contributed by atoms with Crippen LogP contribution in [0.2, 0.25) is 0 Å². The van der Waals surface area contributed by atoms with Gasteiger partial charge >= 0.3 is 12.2 Å². The van der Waals surface area contributed by atoms with E-state index in [9.17, 15) is 18.0 Å². The molecule has 0 aliphatic rings. The van der Waals surface area contributed by atoms with Crippen molar-refractivity contribution in [1.82, 2.24) is 68.5 Å². The SMILES string of the molecule is Cn1cc(-c2cnc3c(Nc4ccc(-n5ccnc5)cc4)nc(CCNC(=O)OCc4ccccc4)cn23)cn1.Cn1cc(-c2cnc3c(S(C)(=O)=O)nc(CCNC(=O)OCc4ccccc4)cn23)cn1. The topological polar surface area (TPSA) is 237 Å². The maximum atomic E-state index is 12.3. The lowest BCUT2D eigenvalue weighted by Gasteiger charge is -2.12. The van der Waals surface area contributed by atoms with Crippen LogP contribution in [-0.2, 0) is 59.5 Å². The van der Waals surface area contributed by atoms with Crippen LogP contribution in [0.15, 0.2) is 158 Å². The van der Waals surface area contributed by atoms with Gasteiger partial charge in [-0.3, -0.25) is 18.2 Å². The van der Waals surface area contributed by atoms with Gasteiger partial charge in [0.15, 0.2) is 32.0 Å². The first-order valence-electron chi connectivity index (χ1n) is 22.6. The van der Waals surface area contributed by atoms with Gasteiger partial charge in [0.05, 0.1) is 53.9 Å². The molecule has 21 nitrogen and oxygen atoms in total. The Bertz CT molecular complexity index is 3550. The molecule has 3 aromatic carbocycles. The van der Waals surface area contributed by atoms with Crippen LogP contribution in [0.1, 0.15) is 22.5 Å². The standard InChI is InChI=1S/C29H27N9O2.C21H22N6O4S/c1-36-17-22(15-33-36)26-16-32-28-27(34-23-7-9-25(10-8-23)37-14-13-30-20-37)35-24(18-38(26)28)11-12-31-29(39)40-19-21-5-3-2-4-6-21;1-26-12-16(10-24-26)18-11-23-19-20(32(2,29)30)25-17(13-27(18)19)8-9-22-21(28)31-14-15-6-4-3-5-7-15/h2-10,13-18,20H,11-12,19H2,1H3,(H,31,39)(H,34,35);3-7,10-13H,8-9,14H2,1-2H3,(H,22,28). The number of ether oxygens (including phenoxy) is 2. The summed E-state index contributed by atoms with van der Waals surface area (Å²) in [5.41, 5.74) is 9.17. The van der Waals surface area contributed by atoms with E-state index in [0.29, 0.717) is 42.2 Å². The van der Waals surface area contributed by atoms with E-state index in [-0.39, 0.29) is 30.4 Å². The summed E-state index contributed by atoms with van der Waals surface area (Å²) in [6.07, 6.45) is 20.6. The molecule has 22 heteroatoms. The number of hydrogen-bond acceptors (Lipinski definition) is 14. The highest BCUT2D eigenvalue weighted by atomic mass is 32.2. The van der Waals surface area contributed by atoms with Crippen molar-refractivity contribution in [3.8, 4) is 28.2 Å². The van der Waals surface area contributed by atoms with Gasteiger partial charge in [-0.2, -0.15) is 10.2 Å². The second kappa shape index (κ2) is 21.6. The van der Waals surface area contributed by atoms with Gasteiger partial charge in [0.25, 0.3) is 0 Å². The lowest BCUT2D eigenvalue weighted by atomic mass is 10.2. The molecule has 7 aromatic heterocycles. The predicted octanol–water partition coefficient (Wildman–Crippen LogP) is 6.53. The Morgan fingerprint density at radius 3 is 1.67 bits per heavy atom. The Kier molecular flexibility index (Phi) is 14.4. The largest absolute Gasteiger partial charge is 0.445 e. The summed E-state index contributed by atoms with van der Waals surface area (Å²) in [4.78, 5) is 46.4. The molecule has 2 amide bonds. The van der Waals surface area contributed by atoms with E-state index in [1.54, 1.807) is 58.1 Å². The predicted molar refractivity (Wildman–Crippen MR) is 267 cm³/mol.